The number of fused-ring (bicyclic) bond motifs is 8. The summed E-state index contributed by atoms with van der Waals surface area (Å²) < 4.78 is 6.73. The van der Waals surface area contributed by atoms with E-state index in [9.17, 15) is 0 Å². The van der Waals surface area contributed by atoms with Gasteiger partial charge < -0.3 is 9.32 Å². The van der Waals surface area contributed by atoms with Gasteiger partial charge in [0, 0.05) is 39.3 Å². The molecule has 12 rings (SSSR count). The van der Waals surface area contributed by atoms with Gasteiger partial charge in [0.25, 0.3) is 0 Å². The number of benzene rings is 11. The van der Waals surface area contributed by atoms with Crippen LogP contribution in [0.1, 0.15) is 0 Å². The lowest BCUT2D eigenvalue weighted by atomic mass is 9.84. The highest BCUT2D eigenvalue weighted by Gasteiger charge is 2.20. The molecule has 0 atom stereocenters. The molecule has 12 aromatic rings. The molecule has 0 saturated heterocycles. The molecule has 2 nitrogen and oxygen atoms in total. The van der Waals surface area contributed by atoms with Gasteiger partial charge in [0.15, 0.2) is 0 Å². The topological polar surface area (TPSA) is 16.4 Å². The number of rotatable bonds is 7. The molecule has 0 bridgehead atoms. The van der Waals surface area contributed by atoms with Crippen LogP contribution in [0.3, 0.4) is 0 Å². The highest BCUT2D eigenvalue weighted by molar-refractivity contribution is 6.22. The van der Waals surface area contributed by atoms with Gasteiger partial charge in [-0.05, 0) is 120 Å². The molecule has 290 valence electrons. The van der Waals surface area contributed by atoms with E-state index in [1.54, 1.807) is 0 Å². The van der Waals surface area contributed by atoms with Crippen molar-refractivity contribution in [3.05, 3.63) is 237 Å². The van der Waals surface area contributed by atoms with Gasteiger partial charge in [-0.2, -0.15) is 0 Å². The van der Waals surface area contributed by atoms with Crippen LogP contribution in [-0.2, 0) is 0 Å². The molecular weight excluding hydrogens is 751 g/mol. The third-order valence-electron chi connectivity index (χ3n) is 12.4. The third kappa shape index (κ3) is 6.04. The van der Waals surface area contributed by atoms with Gasteiger partial charge in [0.2, 0.25) is 0 Å². The van der Waals surface area contributed by atoms with E-state index in [-0.39, 0.29) is 0 Å². The molecule has 0 radical (unpaired) electrons. The van der Waals surface area contributed by atoms with Crippen LogP contribution in [0.4, 0.5) is 17.1 Å². The molecule has 62 heavy (non-hydrogen) atoms. The van der Waals surface area contributed by atoms with Crippen LogP contribution in [0, 0.1) is 0 Å². The Labute approximate surface area is 360 Å². The van der Waals surface area contributed by atoms with Crippen molar-refractivity contribution in [2.45, 2.75) is 0 Å². The highest BCUT2D eigenvalue weighted by Crippen LogP contribution is 2.46. The monoisotopic (exact) mass is 789 g/mol. The average Bonchev–Trinajstić information content (AvgIpc) is 3.73. The number of anilines is 3. The van der Waals surface area contributed by atoms with E-state index >= 15 is 0 Å². The van der Waals surface area contributed by atoms with Gasteiger partial charge in [-0.3, -0.25) is 0 Å². The molecule has 0 fully saturated rings. The maximum atomic E-state index is 6.73. The molecule has 0 saturated carbocycles. The smallest absolute Gasteiger partial charge is 0.143 e. The van der Waals surface area contributed by atoms with E-state index in [4.69, 9.17) is 4.42 Å². The number of nitrogens with zero attached hydrogens (tertiary/aromatic N) is 1. The summed E-state index contributed by atoms with van der Waals surface area (Å²) in [5.74, 6) is 0. The molecule has 0 unspecified atom stereocenters. The Hall–Kier alpha value is -8.20. The van der Waals surface area contributed by atoms with Gasteiger partial charge in [-0.1, -0.05) is 182 Å². The summed E-state index contributed by atoms with van der Waals surface area (Å²) in [7, 11) is 0. The van der Waals surface area contributed by atoms with Gasteiger partial charge in [0.05, 0.1) is 0 Å². The van der Waals surface area contributed by atoms with Crippen LogP contribution in [-0.4, -0.2) is 0 Å². The Morgan fingerprint density at radius 2 is 0.758 bits per heavy atom. The van der Waals surface area contributed by atoms with E-state index < -0.39 is 0 Å². The zero-order chi connectivity index (χ0) is 41.0. The standard InChI is InChI=1S/C60H39NO/c1-4-15-40(16-5-1)41-27-31-47(32-28-41)61(49-33-36-53-55-35-29-42-17-10-11-24-50(42)60(55)62-57(53)39-49)48-23-14-22-45(37-48)46-30-34-52-51-25-12-13-26-54(51)58(43-18-6-2-7-19-43)59(56(52)38-46)44-20-8-3-9-21-44/h1-39H. The Bertz CT molecular complexity index is 3610. The van der Waals surface area contributed by atoms with E-state index in [0.29, 0.717) is 0 Å². The molecular formula is C60H39NO. The zero-order valence-corrected chi connectivity index (χ0v) is 33.9. The molecule has 0 aliphatic rings. The Balaban J connectivity index is 1.04. The fourth-order valence-corrected chi connectivity index (χ4v) is 9.52. The van der Waals surface area contributed by atoms with Crippen LogP contribution in [0.2, 0.25) is 0 Å². The molecule has 0 aliphatic heterocycles. The van der Waals surface area contributed by atoms with Crippen molar-refractivity contribution in [2.75, 3.05) is 4.90 Å². The normalized spacial score (nSPS) is 11.5. The molecule has 11 aromatic carbocycles. The van der Waals surface area contributed by atoms with Crippen molar-refractivity contribution >= 4 is 71.3 Å². The van der Waals surface area contributed by atoms with Crippen molar-refractivity contribution < 1.29 is 4.42 Å². The van der Waals surface area contributed by atoms with Gasteiger partial charge >= 0.3 is 0 Å². The van der Waals surface area contributed by atoms with Crippen LogP contribution >= 0.6 is 0 Å². The van der Waals surface area contributed by atoms with Gasteiger partial charge in [-0.25, -0.2) is 0 Å². The summed E-state index contributed by atoms with van der Waals surface area (Å²) in [6.45, 7) is 0. The molecule has 0 amide bonds. The van der Waals surface area contributed by atoms with Crippen molar-refractivity contribution in [3.63, 3.8) is 0 Å². The predicted octanol–water partition coefficient (Wildman–Crippen LogP) is 17.2. The number of hydrogen-bond acceptors (Lipinski definition) is 2. The van der Waals surface area contributed by atoms with Gasteiger partial charge in [-0.15, -0.1) is 0 Å². The first kappa shape index (κ1) is 35.7. The number of furan rings is 1. The minimum atomic E-state index is 0.861. The van der Waals surface area contributed by atoms with Gasteiger partial charge in [0.1, 0.15) is 11.2 Å². The first-order valence-corrected chi connectivity index (χ1v) is 21.2. The first-order valence-electron chi connectivity index (χ1n) is 21.2. The molecule has 1 aromatic heterocycles. The summed E-state index contributed by atoms with van der Waals surface area (Å²) in [4.78, 5) is 2.35. The second-order valence-corrected chi connectivity index (χ2v) is 16.0. The van der Waals surface area contributed by atoms with E-state index in [0.717, 1.165) is 55.5 Å². The van der Waals surface area contributed by atoms with Crippen molar-refractivity contribution in [3.8, 4) is 44.5 Å². The quantitative estimate of drug-likeness (QED) is 0.150. The maximum Gasteiger partial charge on any atom is 0.143 e. The Morgan fingerprint density at radius 1 is 0.258 bits per heavy atom. The third-order valence-corrected chi connectivity index (χ3v) is 12.4. The minimum Gasteiger partial charge on any atom is -0.455 e. The van der Waals surface area contributed by atoms with Crippen molar-refractivity contribution in [2.24, 2.45) is 0 Å². The van der Waals surface area contributed by atoms with Crippen LogP contribution in [0.15, 0.2) is 241 Å². The maximum absolute atomic E-state index is 6.73. The van der Waals surface area contributed by atoms with Crippen LogP contribution in [0.25, 0.3) is 98.8 Å². The lowest BCUT2D eigenvalue weighted by molar-refractivity contribution is 0.672. The largest absolute Gasteiger partial charge is 0.455 e. The summed E-state index contributed by atoms with van der Waals surface area (Å²) in [6.07, 6.45) is 0. The average molecular weight is 790 g/mol. The lowest BCUT2D eigenvalue weighted by Gasteiger charge is -2.26. The summed E-state index contributed by atoms with van der Waals surface area (Å²) in [5, 5.41) is 9.50. The van der Waals surface area contributed by atoms with Crippen molar-refractivity contribution in [1.29, 1.82) is 0 Å². The summed E-state index contributed by atoms with van der Waals surface area (Å²) in [6, 6.07) is 85.4. The number of hydrogen-bond donors (Lipinski definition) is 0. The second-order valence-electron chi connectivity index (χ2n) is 16.0. The first-order chi connectivity index (χ1) is 30.7. The van der Waals surface area contributed by atoms with E-state index in [1.807, 2.05) is 0 Å². The Kier molecular flexibility index (Phi) is 8.53. The SMILES string of the molecule is c1ccc(-c2ccc(N(c3cccc(-c4ccc5c(c4)c(-c4ccccc4)c(-c4ccccc4)c4ccccc45)c3)c3ccc4c(c3)oc3c5ccccc5ccc43)cc2)cc1. The minimum absolute atomic E-state index is 0.861. The Morgan fingerprint density at radius 3 is 1.50 bits per heavy atom. The zero-order valence-electron chi connectivity index (χ0n) is 33.9. The molecule has 0 N–H and O–H groups in total. The lowest BCUT2D eigenvalue weighted by Crippen LogP contribution is -2.10. The highest BCUT2D eigenvalue weighted by atomic mass is 16.3. The summed E-state index contributed by atoms with van der Waals surface area (Å²) >= 11 is 0. The van der Waals surface area contributed by atoms with Crippen molar-refractivity contribution in [1.82, 2.24) is 0 Å². The fourth-order valence-electron chi connectivity index (χ4n) is 9.52. The summed E-state index contributed by atoms with van der Waals surface area (Å²) in [5.41, 5.74) is 14.5. The predicted molar refractivity (Wildman–Crippen MR) is 263 cm³/mol. The fraction of sp³-hybridized carbons (Fsp3) is 0. The van der Waals surface area contributed by atoms with E-state index in [1.165, 1.54) is 60.3 Å². The molecule has 0 spiro atoms. The second kappa shape index (κ2) is 14.8. The molecule has 1 heterocycles. The molecule has 0 aliphatic carbocycles. The van der Waals surface area contributed by atoms with Crippen LogP contribution in [0.5, 0.6) is 0 Å². The molecule has 2 heteroatoms. The van der Waals surface area contributed by atoms with Crippen LogP contribution < -0.4 is 4.90 Å². The van der Waals surface area contributed by atoms with E-state index in [2.05, 4.69) is 241 Å².